The van der Waals surface area contributed by atoms with Gasteiger partial charge in [-0.3, -0.25) is 0 Å². The molecule has 0 aliphatic heterocycles. The van der Waals surface area contributed by atoms with Crippen LogP contribution in [0.4, 0.5) is 4.39 Å². The molecule has 3 nitrogen and oxygen atoms in total. The van der Waals surface area contributed by atoms with E-state index in [-0.39, 0.29) is 12.3 Å². The number of ether oxygens (including phenoxy) is 1. The molecule has 1 rings (SSSR count). The van der Waals surface area contributed by atoms with E-state index in [1.54, 1.807) is 6.92 Å². The second-order valence-electron chi connectivity index (χ2n) is 1.81. The van der Waals surface area contributed by atoms with Crippen molar-refractivity contribution in [2.75, 3.05) is 6.61 Å². The molecule has 0 radical (unpaired) electrons. The molecule has 0 aromatic carbocycles. The molecule has 1 heterocycles. The van der Waals surface area contributed by atoms with Crippen LogP contribution in [0.2, 0.25) is 0 Å². The Bertz CT molecular complexity index is 302. The number of aromatic nitrogens is 1. The van der Waals surface area contributed by atoms with E-state index in [4.69, 9.17) is 0 Å². The second kappa shape index (κ2) is 3.95. The number of esters is 1. The van der Waals surface area contributed by atoms with Crippen molar-refractivity contribution < 1.29 is 13.9 Å². The van der Waals surface area contributed by atoms with Gasteiger partial charge in [0.15, 0.2) is 5.69 Å². The van der Waals surface area contributed by atoms with Crippen LogP contribution in [0.1, 0.15) is 17.4 Å². The number of hydrogen-bond acceptors (Lipinski definition) is 4. The van der Waals surface area contributed by atoms with Crippen LogP contribution in [0.3, 0.4) is 0 Å². The van der Waals surface area contributed by atoms with Gasteiger partial charge in [-0.2, -0.15) is 4.39 Å². The summed E-state index contributed by atoms with van der Waals surface area (Å²) < 4.78 is 17.4. The Morgan fingerprint density at radius 1 is 1.83 bits per heavy atom. The van der Waals surface area contributed by atoms with Gasteiger partial charge in [-0.25, -0.2) is 9.78 Å². The van der Waals surface area contributed by atoms with Gasteiger partial charge in [0, 0.05) is 0 Å². The zero-order chi connectivity index (χ0) is 9.14. The Labute approximate surface area is 80.7 Å². The van der Waals surface area contributed by atoms with Gasteiger partial charge < -0.3 is 4.74 Å². The van der Waals surface area contributed by atoms with E-state index in [0.717, 1.165) is 11.3 Å². The van der Waals surface area contributed by atoms with E-state index in [9.17, 15) is 9.18 Å². The van der Waals surface area contributed by atoms with Crippen LogP contribution in [0.5, 0.6) is 0 Å². The lowest BCUT2D eigenvalue weighted by Crippen LogP contribution is -2.05. The molecule has 0 aliphatic rings. The first-order chi connectivity index (χ1) is 5.65. The number of halogens is 2. The standard InChI is InChI=1S/C6H5BrFNO2S/c1-2-11-5(10)3-4(7)12-6(8)9-3/h2H2,1H3. The molecular formula is C6H5BrFNO2S. The summed E-state index contributed by atoms with van der Waals surface area (Å²) in [4.78, 5) is 14.4. The predicted octanol–water partition coefficient (Wildman–Crippen LogP) is 2.22. The molecule has 0 saturated carbocycles. The maximum absolute atomic E-state index is 12.5. The molecule has 0 fully saturated rings. The van der Waals surface area contributed by atoms with Crippen LogP contribution in [-0.2, 0) is 4.74 Å². The highest BCUT2D eigenvalue weighted by Gasteiger charge is 2.17. The summed E-state index contributed by atoms with van der Waals surface area (Å²) in [5, 5.41) is -0.648. The van der Waals surface area contributed by atoms with Crippen molar-refractivity contribution in [2.45, 2.75) is 6.92 Å². The number of thiazole rings is 1. The molecule has 0 aliphatic carbocycles. The van der Waals surface area contributed by atoms with E-state index in [1.165, 1.54) is 0 Å². The van der Waals surface area contributed by atoms with Crippen molar-refractivity contribution in [3.05, 3.63) is 14.7 Å². The molecule has 66 valence electrons. The summed E-state index contributed by atoms with van der Waals surface area (Å²) in [5.41, 5.74) is -0.000602. The monoisotopic (exact) mass is 253 g/mol. The number of carbonyl (C=O) groups is 1. The summed E-state index contributed by atoms with van der Waals surface area (Å²) in [6.45, 7) is 1.93. The maximum Gasteiger partial charge on any atom is 0.359 e. The van der Waals surface area contributed by atoms with Crippen molar-refractivity contribution in [3.8, 4) is 0 Å². The molecule has 0 bridgehead atoms. The van der Waals surface area contributed by atoms with Crippen LogP contribution in [0, 0.1) is 5.26 Å². The maximum atomic E-state index is 12.5. The molecular weight excluding hydrogens is 249 g/mol. The minimum atomic E-state index is -0.648. The first-order valence-corrected chi connectivity index (χ1v) is 4.75. The molecule has 0 saturated heterocycles. The summed E-state index contributed by atoms with van der Waals surface area (Å²) in [7, 11) is 0. The van der Waals surface area contributed by atoms with E-state index < -0.39 is 11.2 Å². The molecule has 0 N–H and O–H groups in total. The Balaban J connectivity index is 2.87. The largest absolute Gasteiger partial charge is 0.461 e. The summed E-state index contributed by atoms with van der Waals surface area (Å²) in [5.74, 6) is -0.607. The van der Waals surface area contributed by atoms with Crippen molar-refractivity contribution in [1.29, 1.82) is 0 Å². The van der Waals surface area contributed by atoms with Crippen molar-refractivity contribution >= 4 is 33.2 Å². The van der Waals surface area contributed by atoms with Crippen molar-refractivity contribution in [3.63, 3.8) is 0 Å². The number of carbonyl (C=O) groups excluding carboxylic acids is 1. The fraction of sp³-hybridized carbons (Fsp3) is 0.333. The Kier molecular flexibility index (Phi) is 3.16. The molecule has 1 aromatic heterocycles. The lowest BCUT2D eigenvalue weighted by atomic mass is 10.5. The van der Waals surface area contributed by atoms with Gasteiger partial charge in [0.25, 0.3) is 5.26 Å². The summed E-state index contributed by atoms with van der Waals surface area (Å²) in [6.07, 6.45) is 0. The SMILES string of the molecule is CCOC(=O)c1nc(F)sc1Br. The van der Waals surface area contributed by atoms with Crippen LogP contribution in [0.15, 0.2) is 3.79 Å². The number of rotatable bonds is 2. The predicted molar refractivity (Wildman–Crippen MR) is 45.7 cm³/mol. The molecule has 0 amide bonds. The third-order valence-electron chi connectivity index (χ3n) is 1.03. The Morgan fingerprint density at radius 3 is 2.92 bits per heavy atom. The van der Waals surface area contributed by atoms with Gasteiger partial charge in [-0.1, -0.05) is 11.3 Å². The zero-order valence-corrected chi connectivity index (χ0v) is 8.54. The van der Waals surface area contributed by atoms with Gasteiger partial charge in [-0.15, -0.1) is 0 Å². The summed E-state index contributed by atoms with van der Waals surface area (Å²) in [6, 6.07) is 0. The highest BCUT2D eigenvalue weighted by molar-refractivity contribution is 9.11. The summed E-state index contributed by atoms with van der Waals surface area (Å²) >= 11 is 3.76. The van der Waals surface area contributed by atoms with Gasteiger partial charge >= 0.3 is 5.97 Å². The molecule has 0 atom stereocenters. The van der Waals surface area contributed by atoms with Gasteiger partial charge in [-0.05, 0) is 22.9 Å². The quantitative estimate of drug-likeness (QED) is 0.759. The van der Waals surface area contributed by atoms with Crippen LogP contribution in [0.25, 0.3) is 0 Å². The average Bonchev–Trinajstić information content (AvgIpc) is 2.30. The minimum absolute atomic E-state index is 0.000602. The highest BCUT2D eigenvalue weighted by Crippen LogP contribution is 2.24. The smallest absolute Gasteiger partial charge is 0.359 e. The van der Waals surface area contributed by atoms with Crippen LogP contribution < -0.4 is 0 Å². The zero-order valence-electron chi connectivity index (χ0n) is 6.13. The first-order valence-electron chi connectivity index (χ1n) is 3.14. The lowest BCUT2D eigenvalue weighted by molar-refractivity contribution is 0.0518. The van der Waals surface area contributed by atoms with E-state index in [2.05, 4.69) is 25.7 Å². The number of nitrogens with zero attached hydrogens (tertiary/aromatic N) is 1. The molecule has 0 spiro atoms. The van der Waals surface area contributed by atoms with Gasteiger partial charge in [0.05, 0.1) is 6.61 Å². The Morgan fingerprint density at radius 2 is 2.50 bits per heavy atom. The van der Waals surface area contributed by atoms with Crippen LogP contribution >= 0.6 is 27.3 Å². The van der Waals surface area contributed by atoms with Gasteiger partial charge in [0.1, 0.15) is 3.79 Å². The Hall–Kier alpha value is -0.490. The van der Waals surface area contributed by atoms with Crippen molar-refractivity contribution in [1.82, 2.24) is 4.98 Å². The molecule has 12 heavy (non-hydrogen) atoms. The fourth-order valence-corrected chi connectivity index (χ4v) is 1.76. The van der Waals surface area contributed by atoms with E-state index >= 15 is 0 Å². The fourth-order valence-electron chi connectivity index (χ4n) is 0.602. The average molecular weight is 254 g/mol. The van der Waals surface area contributed by atoms with E-state index in [1.807, 2.05) is 0 Å². The van der Waals surface area contributed by atoms with Crippen LogP contribution in [-0.4, -0.2) is 17.6 Å². The topological polar surface area (TPSA) is 39.2 Å². The normalized spacial score (nSPS) is 9.92. The molecule has 1 aromatic rings. The van der Waals surface area contributed by atoms with E-state index in [0.29, 0.717) is 3.79 Å². The lowest BCUT2D eigenvalue weighted by Gasteiger charge is -1.96. The van der Waals surface area contributed by atoms with Gasteiger partial charge in [0.2, 0.25) is 0 Å². The third-order valence-corrected chi connectivity index (χ3v) is 2.52. The molecule has 0 unspecified atom stereocenters. The third kappa shape index (κ3) is 2.01. The first kappa shape index (κ1) is 9.60. The second-order valence-corrected chi connectivity index (χ2v) is 4.08. The highest BCUT2D eigenvalue weighted by atomic mass is 79.9. The molecule has 6 heteroatoms. The van der Waals surface area contributed by atoms with Crippen molar-refractivity contribution in [2.24, 2.45) is 0 Å². The number of hydrogen-bond donors (Lipinski definition) is 0. The minimum Gasteiger partial charge on any atom is -0.461 e.